The fourth-order valence-electron chi connectivity index (χ4n) is 4.21. The minimum absolute atomic E-state index is 0.0528. The van der Waals surface area contributed by atoms with Gasteiger partial charge in [0.05, 0.1) is 12.0 Å². The lowest BCUT2D eigenvalue weighted by molar-refractivity contribution is -0.146. The van der Waals surface area contributed by atoms with Gasteiger partial charge in [-0.3, -0.25) is 4.79 Å². The number of hydrogen-bond donors (Lipinski definition) is 2. The summed E-state index contributed by atoms with van der Waals surface area (Å²) in [4.78, 5) is 11.9. The summed E-state index contributed by atoms with van der Waals surface area (Å²) in [6.07, 6.45) is 16.7. The van der Waals surface area contributed by atoms with Crippen LogP contribution in [0.25, 0.3) is 0 Å². The Labute approximate surface area is 207 Å². The maximum atomic E-state index is 11.9. The van der Waals surface area contributed by atoms with Crippen LogP contribution in [-0.4, -0.2) is 36.7 Å². The molecule has 0 aromatic rings. The highest BCUT2D eigenvalue weighted by atomic mass is 28.4. The number of carboxylic acids is 1. The van der Waals surface area contributed by atoms with Crippen LogP contribution in [0, 0.1) is 5.92 Å². The van der Waals surface area contributed by atoms with Crippen LogP contribution in [-0.2, 0) is 9.22 Å². The molecule has 0 aliphatic heterocycles. The van der Waals surface area contributed by atoms with Gasteiger partial charge in [-0.15, -0.1) is 0 Å². The zero-order chi connectivity index (χ0) is 25.3. The molecule has 0 amide bonds. The maximum Gasteiger partial charge on any atom is 0.309 e. The van der Waals surface area contributed by atoms with Crippen LogP contribution in [0.3, 0.4) is 0 Å². The summed E-state index contributed by atoms with van der Waals surface area (Å²) in [6, 6.07) is 0. The smallest absolute Gasteiger partial charge is 0.309 e. The third kappa shape index (κ3) is 15.3. The molecule has 0 unspecified atom stereocenters. The van der Waals surface area contributed by atoms with Crippen LogP contribution in [0.1, 0.15) is 137 Å². The van der Waals surface area contributed by atoms with Crippen LogP contribution < -0.4 is 0 Å². The van der Waals surface area contributed by atoms with Gasteiger partial charge in [0.2, 0.25) is 0 Å². The molecule has 0 saturated heterocycles. The zero-order valence-electron chi connectivity index (χ0n) is 23.3. The van der Waals surface area contributed by atoms with Gasteiger partial charge in [0.25, 0.3) is 0 Å². The summed E-state index contributed by atoms with van der Waals surface area (Å²) in [7, 11) is -1.99. The van der Waals surface area contributed by atoms with E-state index >= 15 is 0 Å². The summed E-state index contributed by atoms with van der Waals surface area (Å²) in [6.45, 7) is 15.6. The molecule has 198 valence electrons. The summed E-state index contributed by atoms with van der Waals surface area (Å²) in [5.74, 6) is -1.55. The van der Waals surface area contributed by atoms with Crippen molar-refractivity contribution in [2.45, 2.75) is 168 Å². The molecule has 0 aromatic carbocycles. The molecule has 0 aliphatic carbocycles. The standard InChI is InChI=1S/C28H58O4Si/c1-8-10-12-14-15-16-17-18-19-21-24(32-33(6,7)28(3,4)5)23-26(29)25(27(30)31)22-20-13-11-9-2/h24-26,29H,8-23H2,1-7H3,(H,30,31)/t24-,25+,26+/m1/s1. The maximum absolute atomic E-state index is 11.9. The third-order valence-corrected chi connectivity index (χ3v) is 12.1. The van der Waals surface area contributed by atoms with Gasteiger partial charge in [0.15, 0.2) is 8.32 Å². The molecule has 33 heavy (non-hydrogen) atoms. The predicted octanol–water partition coefficient (Wildman–Crippen LogP) is 8.72. The van der Waals surface area contributed by atoms with E-state index in [1.807, 2.05) is 0 Å². The number of carbonyl (C=O) groups is 1. The Balaban J connectivity index is 4.82. The normalized spacial score (nSPS) is 15.4. The van der Waals surface area contributed by atoms with Gasteiger partial charge in [-0.2, -0.15) is 0 Å². The molecule has 0 aliphatic rings. The molecule has 0 rings (SSSR count). The van der Waals surface area contributed by atoms with Gasteiger partial charge in [0.1, 0.15) is 0 Å². The summed E-state index contributed by atoms with van der Waals surface area (Å²) < 4.78 is 6.70. The molecule has 5 heteroatoms. The fraction of sp³-hybridized carbons (Fsp3) is 0.964. The molecule has 0 bridgehead atoms. The number of aliphatic hydroxyl groups excluding tert-OH is 1. The van der Waals surface area contributed by atoms with Crippen molar-refractivity contribution in [3.05, 3.63) is 0 Å². The highest BCUT2D eigenvalue weighted by Gasteiger charge is 2.40. The van der Waals surface area contributed by atoms with E-state index in [0.717, 1.165) is 38.5 Å². The first-order chi connectivity index (χ1) is 15.5. The van der Waals surface area contributed by atoms with E-state index in [1.54, 1.807) is 0 Å². The van der Waals surface area contributed by atoms with Crippen molar-refractivity contribution in [1.82, 2.24) is 0 Å². The Kier molecular flexibility index (Phi) is 17.7. The van der Waals surface area contributed by atoms with Crippen LogP contribution >= 0.6 is 0 Å². The van der Waals surface area contributed by atoms with Gasteiger partial charge >= 0.3 is 5.97 Å². The Morgan fingerprint density at radius 2 is 1.21 bits per heavy atom. The molecule has 0 radical (unpaired) electrons. The minimum atomic E-state index is -1.99. The molecule has 4 nitrogen and oxygen atoms in total. The third-order valence-electron chi connectivity index (χ3n) is 7.55. The topological polar surface area (TPSA) is 66.8 Å². The highest BCUT2D eigenvalue weighted by molar-refractivity contribution is 6.74. The minimum Gasteiger partial charge on any atom is -0.481 e. The lowest BCUT2D eigenvalue weighted by atomic mass is 9.90. The van der Waals surface area contributed by atoms with Crippen LogP contribution in [0.5, 0.6) is 0 Å². The monoisotopic (exact) mass is 486 g/mol. The first kappa shape index (κ1) is 32.6. The van der Waals surface area contributed by atoms with Gasteiger partial charge < -0.3 is 14.6 Å². The van der Waals surface area contributed by atoms with E-state index in [2.05, 4.69) is 47.7 Å². The second-order valence-corrected chi connectivity index (χ2v) is 16.5. The van der Waals surface area contributed by atoms with Crippen molar-refractivity contribution in [3.63, 3.8) is 0 Å². The molecule has 3 atom stereocenters. The molecule has 0 saturated carbocycles. The number of hydrogen-bond acceptors (Lipinski definition) is 3. The summed E-state index contributed by atoms with van der Waals surface area (Å²) in [5, 5.41) is 20.7. The average molecular weight is 487 g/mol. The number of rotatable bonds is 21. The number of aliphatic carboxylic acids is 1. The Bertz CT molecular complexity index is 487. The van der Waals surface area contributed by atoms with Gasteiger partial charge in [0, 0.05) is 6.10 Å². The molecule has 0 fully saturated rings. The quantitative estimate of drug-likeness (QED) is 0.126. The first-order valence-corrected chi connectivity index (χ1v) is 17.0. The predicted molar refractivity (Wildman–Crippen MR) is 144 cm³/mol. The van der Waals surface area contributed by atoms with Gasteiger partial charge in [-0.1, -0.05) is 118 Å². The Morgan fingerprint density at radius 1 is 0.788 bits per heavy atom. The van der Waals surface area contributed by atoms with Crippen molar-refractivity contribution in [2.24, 2.45) is 5.92 Å². The molecule has 0 aromatic heterocycles. The zero-order valence-corrected chi connectivity index (χ0v) is 24.3. The van der Waals surface area contributed by atoms with Crippen LogP contribution in [0.2, 0.25) is 18.1 Å². The Morgan fingerprint density at radius 3 is 1.67 bits per heavy atom. The lowest BCUT2D eigenvalue weighted by Crippen LogP contribution is -2.45. The molecular weight excluding hydrogens is 428 g/mol. The average Bonchev–Trinajstić information content (AvgIpc) is 2.70. The summed E-state index contributed by atoms with van der Waals surface area (Å²) in [5.41, 5.74) is 0. The van der Waals surface area contributed by atoms with Crippen LogP contribution in [0.15, 0.2) is 0 Å². The van der Waals surface area contributed by atoms with Crippen molar-refractivity contribution in [3.8, 4) is 0 Å². The van der Waals surface area contributed by atoms with Gasteiger partial charge in [-0.05, 0) is 37.4 Å². The lowest BCUT2D eigenvalue weighted by Gasteiger charge is -2.40. The molecule has 0 heterocycles. The SMILES string of the molecule is CCCCCCCCCCC[C@H](C[C@H](O)[C@H](CCCCCC)C(=O)O)O[Si](C)(C)C(C)(C)C. The van der Waals surface area contributed by atoms with Gasteiger partial charge in [-0.25, -0.2) is 0 Å². The fourth-order valence-corrected chi connectivity index (χ4v) is 5.61. The molecule has 0 spiro atoms. The van der Waals surface area contributed by atoms with E-state index in [4.69, 9.17) is 4.43 Å². The number of unbranched alkanes of at least 4 members (excludes halogenated alkanes) is 11. The molecular formula is C28H58O4Si. The van der Waals surface area contributed by atoms with Crippen molar-refractivity contribution in [1.29, 1.82) is 0 Å². The van der Waals surface area contributed by atoms with E-state index in [9.17, 15) is 15.0 Å². The second kappa shape index (κ2) is 18.0. The highest BCUT2D eigenvalue weighted by Crippen LogP contribution is 2.38. The number of carboxylic acid groups (broad SMARTS) is 1. The second-order valence-electron chi connectivity index (χ2n) is 11.7. The van der Waals surface area contributed by atoms with Crippen LogP contribution in [0.4, 0.5) is 0 Å². The van der Waals surface area contributed by atoms with Crippen molar-refractivity contribution >= 4 is 14.3 Å². The number of aliphatic hydroxyl groups is 1. The van der Waals surface area contributed by atoms with E-state index < -0.39 is 26.3 Å². The van der Waals surface area contributed by atoms with Crippen molar-refractivity contribution in [2.75, 3.05) is 0 Å². The van der Waals surface area contributed by atoms with E-state index in [-0.39, 0.29) is 11.1 Å². The summed E-state index contributed by atoms with van der Waals surface area (Å²) >= 11 is 0. The van der Waals surface area contributed by atoms with E-state index in [1.165, 1.54) is 51.4 Å². The largest absolute Gasteiger partial charge is 0.481 e. The van der Waals surface area contributed by atoms with E-state index in [0.29, 0.717) is 12.8 Å². The Hall–Kier alpha value is -0.393. The van der Waals surface area contributed by atoms with Crippen molar-refractivity contribution < 1.29 is 19.4 Å². The molecule has 2 N–H and O–H groups in total. The first-order valence-electron chi connectivity index (χ1n) is 14.0.